The van der Waals surface area contributed by atoms with E-state index in [1.807, 2.05) is 0 Å². The molecule has 2 rings (SSSR count). The summed E-state index contributed by atoms with van der Waals surface area (Å²) in [6, 6.07) is 9.82. The smallest absolute Gasteiger partial charge is 0.339 e. The van der Waals surface area contributed by atoms with Crippen LogP contribution in [0.5, 0.6) is 5.75 Å². The first-order valence-electron chi connectivity index (χ1n) is 6.61. The van der Waals surface area contributed by atoms with E-state index < -0.39 is 10.1 Å². The van der Waals surface area contributed by atoms with E-state index in [2.05, 4.69) is 5.32 Å². The molecule has 0 fully saturated rings. The Bertz CT molecular complexity index is 820. The van der Waals surface area contributed by atoms with Crippen molar-refractivity contribution in [3.8, 4) is 5.75 Å². The first kappa shape index (κ1) is 17.6. The predicted molar refractivity (Wildman–Crippen MR) is 89.6 cm³/mol. The lowest BCUT2D eigenvalue weighted by molar-refractivity contribution is -0.115. The van der Waals surface area contributed by atoms with Crippen LogP contribution in [0.4, 0.5) is 5.69 Å². The molecule has 0 unspecified atom stereocenters. The van der Waals surface area contributed by atoms with Crippen LogP contribution in [0, 0.1) is 0 Å². The third-order valence-corrected chi connectivity index (χ3v) is 4.85. The van der Waals surface area contributed by atoms with E-state index in [1.165, 1.54) is 42.5 Å². The highest BCUT2D eigenvalue weighted by Crippen LogP contribution is 2.28. The molecule has 2 aromatic carbocycles. The van der Waals surface area contributed by atoms with Gasteiger partial charge < -0.3 is 9.50 Å². The van der Waals surface area contributed by atoms with Gasteiger partial charge in [0.2, 0.25) is 5.91 Å². The molecule has 5 nitrogen and oxygen atoms in total. The van der Waals surface area contributed by atoms with Gasteiger partial charge in [0.05, 0.1) is 10.0 Å². The highest BCUT2D eigenvalue weighted by molar-refractivity contribution is 7.87. The van der Waals surface area contributed by atoms with E-state index in [9.17, 15) is 13.2 Å². The maximum atomic E-state index is 12.2. The van der Waals surface area contributed by atoms with Crippen molar-refractivity contribution < 1.29 is 17.4 Å². The van der Waals surface area contributed by atoms with Gasteiger partial charge in [0.15, 0.2) is 0 Å². The second-order valence-electron chi connectivity index (χ2n) is 4.54. The molecule has 1 amide bonds. The summed E-state index contributed by atoms with van der Waals surface area (Å²) in [5.41, 5.74) is 0.505. The van der Waals surface area contributed by atoms with Crippen LogP contribution < -0.4 is 9.50 Å². The largest absolute Gasteiger partial charge is 0.379 e. The normalized spacial score (nSPS) is 11.1. The summed E-state index contributed by atoms with van der Waals surface area (Å²) in [4.78, 5) is 11.2. The topological polar surface area (TPSA) is 72.5 Å². The van der Waals surface area contributed by atoms with E-state index in [4.69, 9.17) is 27.4 Å². The number of hydrogen-bond acceptors (Lipinski definition) is 4. The monoisotopic (exact) mass is 373 g/mol. The zero-order valence-corrected chi connectivity index (χ0v) is 14.4. The average Bonchev–Trinajstić information content (AvgIpc) is 2.51. The molecule has 0 saturated heterocycles. The van der Waals surface area contributed by atoms with Crippen molar-refractivity contribution >= 4 is 44.9 Å². The molecule has 0 aliphatic carbocycles. The fraction of sp³-hybridized carbons (Fsp3) is 0.133. The molecule has 0 bridgehead atoms. The van der Waals surface area contributed by atoms with Crippen LogP contribution in [0.3, 0.4) is 0 Å². The molecule has 1 N–H and O–H groups in total. The molecule has 0 aliphatic rings. The van der Waals surface area contributed by atoms with Crippen molar-refractivity contribution in [2.45, 2.75) is 18.2 Å². The molecule has 0 aromatic heterocycles. The third kappa shape index (κ3) is 4.60. The highest BCUT2D eigenvalue weighted by Gasteiger charge is 2.17. The summed E-state index contributed by atoms with van der Waals surface area (Å²) in [5, 5.41) is 3.12. The minimum absolute atomic E-state index is 0.0435. The third-order valence-electron chi connectivity index (χ3n) is 2.84. The molecule has 0 aliphatic heterocycles. The van der Waals surface area contributed by atoms with Crippen molar-refractivity contribution in [2.75, 3.05) is 5.32 Å². The Balaban J connectivity index is 2.18. The SMILES string of the molecule is CCC(=O)Nc1ccc(S(=O)(=O)Oc2ccc(Cl)c(Cl)c2)cc1. The number of anilines is 1. The molecule has 0 saturated carbocycles. The minimum Gasteiger partial charge on any atom is -0.379 e. The Morgan fingerprint density at radius 1 is 1.09 bits per heavy atom. The molecule has 0 heterocycles. The molecule has 0 spiro atoms. The zero-order valence-electron chi connectivity index (χ0n) is 12.0. The summed E-state index contributed by atoms with van der Waals surface area (Å²) < 4.78 is 29.4. The van der Waals surface area contributed by atoms with E-state index in [-0.39, 0.29) is 21.6 Å². The fourth-order valence-corrected chi connectivity index (χ4v) is 2.87. The number of hydrogen-bond donors (Lipinski definition) is 1. The molecule has 8 heteroatoms. The quantitative estimate of drug-likeness (QED) is 0.800. The summed E-state index contributed by atoms with van der Waals surface area (Å²) in [6.07, 6.45) is 0.334. The number of benzene rings is 2. The van der Waals surface area contributed by atoms with Crippen molar-refractivity contribution in [1.29, 1.82) is 0 Å². The summed E-state index contributed by atoms with van der Waals surface area (Å²) in [7, 11) is -4.01. The Kier molecular flexibility index (Phi) is 5.51. The number of carbonyl (C=O) groups is 1. The number of carbonyl (C=O) groups excluding carboxylic acids is 1. The first-order chi connectivity index (χ1) is 10.8. The predicted octanol–water partition coefficient (Wildman–Crippen LogP) is 4.11. The van der Waals surface area contributed by atoms with Crippen molar-refractivity contribution in [1.82, 2.24) is 0 Å². The highest BCUT2D eigenvalue weighted by atomic mass is 35.5. The zero-order chi connectivity index (χ0) is 17.0. The average molecular weight is 374 g/mol. The van der Waals surface area contributed by atoms with Crippen LogP contribution in [0.2, 0.25) is 10.0 Å². The summed E-state index contributed by atoms with van der Waals surface area (Å²) in [5.74, 6) is -0.101. The van der Waals surface area contributed by atoms with Crippen LogP contribution in [0.15, 0.2) is 47.4 Å². The van der Waals surface area contributed by atoms with Gasteiger partial charge in [-0.2, -0.15) is 8.42 Å². The van der Waals surface area contributed by atoms with Gasteiger partial charge in [0.1, 0.15) is 10.6 Å². The van der Waals surface area contributed by atoms with E-state index in [1.54, 1.807) is 6.92 Å². The van der Waals surface area contributed by atoms with Crippen molar-refractivity contribution in [3.63, 3.8) is 0 Å². The fourth-order valence-electron chi connectivity index (χ4n) is 1.66. The van der Waals surface area contributed by atoms with Gasteiger partial charge >= 0.3 is 10.1 Å². The van der Waals surface area contributed by atoms with Crippen molar-refractivity contribution in [2.24, 2.45) is 0 Å². The van der Waals surface area contributed by atoms with Gasteiger partial charge in [0, 0.05) is 18.2 Å². The van der Waals surface area contributed by atoms with Gasteiger partial charge in [-0.3, -0.25) is 4.79 Å². The second kappa shape index (κ2) is 7.21. The maximum absolute atomic E-state index is 12.2. The van der Waals surface area contributed by atoms with Gasteiger partial charge in [-0.1, -0.05) is 30.1 Å². The molecular weight excluding hydrogens is 361 g/mol. The standard InChI is InChI=1S/C15H13Cl2NO4S/c1-2-15(19)18-10-3-6-12(7-4-10)23(20,21)22-11-5-8-13(16)14(17)9-11/h3-9H,2H2,1H3,(H,18,19). The Morgan fingerprint density at radius 2 is 1.74 bits per heavy atom. The van der Waals surface area contributed by atoms with Crippen LogP contribution in [0.1, 0.15) is 13.3 Å². The maximum Gasteiger partial charge on any atom is 0.339 e. The Hall–Kier alpha value is -1.76. The lowest BCUT2D eigenvalue weighted by Crippen LogP contribution is -2.11. The molecule has 2 aromatic rings. The number of halogens is 2. The molecular formula is C15H13Cl2NO4S. The van der Waals surface area contributed by atoms with Gasteiger partial charge in [-0.15, -0.1) is 0 Å². The first-order valence-corrected chi connectivity index (χ1v) is 8.77. The minimum atomic E-state index is -4.01. The van der Waals surface area contributed by atoms with Crippen LogP contribution in [-0.2, 0) is 14.9 Å². The second-order valence-corrected chi connectivity index (χ2v) is 6.90. The lowest BCUT2D eigenvalue weighted by atomic mass is 10.3. The summed E-state index contributed by atoms with van der Waals surface area (Å²) >= 11 is 11.6. The van der Waals surface area contributed by atoms with Gasteiger partial charge in [-0.05, 0) is 36.4 Å². The number of rotatable bonds is 5. The Morgan fingerprint density at radius 3 is 2.30 bits per heavy atom. The number of amides is 1. The van der Waals surface area contributed by atoms with Crippen LogP contribution >= 0.6 is 23.2 Å². The van der Waals surface area contributed by atoms with Crippen molar-refractivity contribution in [3.05, 3.63) is 52.5 Å². The van der Waals surface area contributed by atoms with Gasteiger partial charge in [-0.25, -0.2) is 0 Å². The number of nitrogens with one attached hydrogen (secondary N) is 1. The Labute approximate surface area is 144 Å². The van der Waals surface area contributed by atoms with E-state index >= 15 is 0 Å². The van der Waals surface area contributed by atoms with E-state index in [0.717, 1.165) is 0 Å². The van der Waals surface area contributed by atoms with E-state index in [0.29, 0.717) is 17.1 Å². The van der Waals surface area contributed by atoms with Crippen LogP contribution in [0.25, 0.3) is 0 Å². The lowest BCUT2D eigenvalue weighted by Gasteiger charge is -2.09. The molecule has 122 valence electrons. The molecule has 0 radical (unpaired) electrons. The molecule has 0 atom stereocenters. The summed E-state index contributed by atoms with van der Waals surface area (Å²) in [6.45, 7) is 1.72. The molecule has 23 heavy (non-hydrogen) atoms. The van der Waals surface area contributed by atoms with Gasteiger partial charge in [0.25, 0.3) is 0 Å². The van der Waals surface area contributed by atoms with Crippen LogP contribution in [-0.4, -0.2) is 14.3 Å².